The minimum absolute atomic E-state index is 0.132. The van der Waals surface area contributed by atoms with Crippen LogP contribution >= 0.6 is 0 Å². The van der Waals surface area contributed by atoms with Gasteiger partial charge in [0, 0.05) is 25.8 Å². The van der Waals surface area contributed by atoms with Crippen LogP contribution in [0.4, 0.5) is 5.69 Å². The standard InChI is InChI=1S/C14H23N3O/c1-3-6-12-7-4-5-8-17(12)14(18)13-9-11(15)10-16(13)2/h9-10,12H,3-8,15H2,1-2H3. The fraction of sp³-hybridized carbons (Fsp3) is 0.643. The van der Waals surface area contributed by atoms with Crippen LogP contribution in [0.2, 0.25) is 0 Å². The number of nitrogens with zero attached hydrogens (tertiary/aromatic N) is 2. The lowest BCUT2D eigenvalue weighted by Gasteiger charge is -2.35. The molecule has 1 aromatic heterocycles. The number of aromatic nitrogens is 1. The Bertz CT molecular complexity index is 423. The van der Waals surface area contributed by atoms with E-state index in [-0.39, 0.29) is 5.91 Å². The molecule has 0 bridgehead atoms. The topological polar surface area (TPSA) is 51.3 Å². The molecule has 4 heteroatoms. The highest BCUT2D eigenvalue weighted by molar-refractivity contribution is 5.94. The Hall–Kier alpha value is -1.45. The maximum Gasteiger partial charge on any atom is 0.270 e. The van der Waals surface area contributed by atoms with Crippen molar-refractivity contribution in [2.45, 2.75) is 45.1 Å². The monoisotopic (exact) mass is 249 g/mol. The number of hydrogen-bond acceptors (Lipinski definition) is 2. The van der Waals surface area contributed by atoms with E-state index in [9.17, 15) is 4.79 Å². The number of carbonyl (C=O) groups excluding carboxylic acids is 1. The van der Waals surface area contributed by atoms with Crippen LogP contribution in [-0.4, -0.2) is 28.0 Å². The lowest BCUT2D eigenvalue weighted by atomic mass is 9.98. The molecular formula is C14H23N3O. The molecule has 100 valence electrons. The first-order valence-electron chi connectivity index (χ1n) is 6.86. The molecule has 1 saturated heterocycles. The highest BCUT2D eigenvalue weighted by Crippen LogP contribution is 2.23. The summed E-state index contributed by atoms with van der Waals surface area (Å²) < 4.78 is 1.83. The van der Waals surface area contributed by atoms with Crippen molar-refractivity contribution in [2.75, 3.05) is 12.3 Å². The number of aryl methyl sites for hydroxylation is 1. The molecule has 2 rings (SSSR count). The van der Waals surface area contributed by atoms with Crippen molar-refractivity contribution in [3.8, 4) is 0 Å². The first kappa shape index (κ1) is 13.0. The summed E-state index contributed by atoms with van der Waals surface area (Å²) in [6.45, 7) is 3.06. The third-order valence-corrected chi connectivity index (χ3v) is 3.76. The molecule has 0 aliphatic carbocycles. The molecule has 1 aliphatic rings. The van der Waals surface area contributed by atoms with E-state index >= 15 is 0 Å². The van der Waals surface area contributed by atoms with E-state index in [0.717, 1.165) is 32.2 Å². The number of nitrogen functional groups attached to an aromatic ring is 1. The van der Waals surface area contributed by atoms with Crippen LogP contribution in [0.5, 0.6) is 0 Å². The number of hydrogen-bond donors (Lipinski definition) is 1. The van der Waals surface area contributed by atoms with Gasteiger partial charge in [-0.15, -0.1) is 0 Å². The lowest BCUT2D eigenvalue weighted by Crippen LogP contribution is -2.44. The second-order valence-corrected chi connectivity index (χ2v) is 5.21. The van der Waals surface area contributed by atoms with Gasteiger partial charge in [-0.05, 0) is 31.7 Å². The molecule has 2 N–H and O–H groups in total. The van der Waals surface area contributed by atoms with Gasteiger partial charge in [0.25, 0.3) is 5.91 Å². The van der Waals surface area contributed by atoms with Crippen LogP contribution < -0.4 is 5.73 Å². The summed E-state index contributed by atoms with van der Waals surface area (Å²) in [5.41, 5.74) is 7.11. The minimum Gasteiger partial charge on any atom is -0.397 e. The van der Waals surface area contributed by atoms with Gasteiger partial charge in [0.2, 0.25) is 0 Å². The molecule has 0 aromatic carbocycles. The quantitative estimate of drug-likeness (QED) is 0.894. The summed E-state index contributed by atoms with van der Waals surface area (Å²) in [4.78, 5) is 14.6. The van der Waals surface area contributed by atoms with Gasteiger partial charge in [-0.1, -0.05) is 13.3 Å². The third kappa shape index (κ3) is 2.52. The number of piperidine rings is 1. The zero-order valence-corrected chi connectivity index (χ0v) is 11.4. The predicted molar refractivity (Wildman–Crippen MR) is 73.4 cm³/mol. The molecular weight excluding hydrogens is 226 g/mol. The van der Waals surface area contributed by atoms with Crippen LogP contribution in [-0.2, 0) is 7.05 Å². The molecule has 4 nitrogen and oxygen atoms in total. The average Bonchev–Trinajstić information content (AvgIpc) is 2.69. The first-order valence-corrected chi connectivity index (χ1v) is 6.86. The molecule has 1 fully saturated rings. The zero-order valence-electron chi connectivity index (χ0n) is 11.4. The Kier molecular flexibility index (Phi) is 3.94. The van der Waals surface area contributed by atoms with Gasteiger partial charge in [-0.3, -0.25) is 4.79 Å². The Morgan fingerprint density at radius 3 is 2.89 bits per heavy atom. The SMILES string of the molecule is CCCC1CCCCN1C(=O)c1cc(N)cn1C. The van der Waals surface area contributed by atoms with E-state index in [1.807, 2.05) is 16.5 Å². The van der Waals surface area contributed by atoms with Gasteiger partial charge in [-0.2, -0.15) is 0 Å². The van der Waals surface area contributed by atoms with Gasteiger partial charge in [0.1, 0.15) is 5.69 Å². The second-order valence-electron chi connectivity index (χ2n) is 5.21. The molecule has 0 saturated carbocycles. The van der Waals surface area contributed by atoms with Crippen LogP contribution in [0.3, 0.4) is 0 Å². The minimum atomic E-state index is 0.132. The Labute approximate surface area is 109 Å². The fourth-order valence-corrected chi connectivity index (χ4v) is 2.85. The second kappa shape index (κ2) is 5.46. The van der Waals surface area contributed by atoms with Crippen LogP contribution in [0.1, 0.15) is 49.5 Å². The van der Waals surface area contributed by atoms with Crippen molar-refractivity contribution < 1.29 is 4.79 Å². The Balaban J connectivity index is 2.18. The summed E-state index contributed by atoms with van der Waals surface area (Å²) in [5.74, 6) is 0.132. The van der Waals surface area contributed by atoms with Crippen LogP contribution in [0.15, 0.2) is 12.3 Å². The predicted octanol–water partition coefficient (Wildman–Crippen LogP) is 2.40. The van der Waals surface area contributed by atoms with Gasteiger partial charge in [-0.25, -0.2) is 0 Å². The van der Waals surface area contributed by atoms with Gasteiger partial charge in [0.05, 0.1) is 5.69 Å². The summed E-state index contributed by atoms with van der Waals surface area (Å²) in [5, 5.41) is 0. The van der Waals surface area contributed by atoms with E-state index in [4.69, 9.17) is 5.73 Å². The van der Waals surface area contributed by atoms with Crippen molar-refractivity contribution in [3.05, 3.63) is 18.0 Å². The molecule has 1 aliphatic heterocycles. The third-order valence-electron chi connectivity index (χ3n) is 3.76. The summed E-state index contributed by atoms with van der Waals surface area (Å²) >= 11 is 0. The highest BCUT2D eigenvalue weighted by atomic mass is 16.2. The number of rotatable bonds is 3. The van der Waals surface area contributed by atoms with E-state index in [2.05, 4.69) is 6.92 Å². The normalized spacial score (nSPS) is 20.1. The zero-order chi connectivity index (χ0) is 13.1. The van der Waals surface area contributed by atoms with E-state index < -0.39 is 0 Å². The maximum absolute atomic E-state index is 12.6. The van der Waals surface area contributed by atoms with Crippen molar-refractivity contribution in [3.63, 3.8) is 0 Å². The van der Waals surface area contributed by atoms with Crippen molar-refractivity contribution in [2.24, 2.45) is 7.05 Å². The Morgan fingerprint density at radius 1 is 1.50 bits per heavy atom. The largest absolute Gasteiger partial charge is 0.397 e. The van der Waals surface area contributed by atoms with Crippen molar-refractivity contribution in [1.82, 2.24) is 9.47 Å². The summed E-state index contributed by atoms with van der Waals surface area (Å²) in [6.07, 6.45) is 7.52. The van der Waals surface area contributed by atoms with Gasteiger partial charge >= 0.3 is 0 Å². The number of likely N-dealkylation sites (tertiary alicyclic amines) is 1. The number of carbonyl (C=O) groups is 1. The first-order chi connectivity index (χ1) is 8.63. The van der Waals surface area contributed by atoms with Crippen LogP contribution in [0, 0.1) is 0 Å². The van der Waals surface area contributed by atoms with E-state index in [0.29, 0.717) is 17.4 Å². The van der Waals surface area contributed by atoms with Crippen molar-refractivity contribution in [1.29, 1.82) is 0 Å². The molecule has 0 radical (unpaired) electrons. The molecule has 1 atom stereocenters. The van der Waals surface area contributed by atoms with Crippen molar-refractivity contribution >= 4 is 11.6 Å². The highest BCUT2D eigenvalue weighted by Gasteiger charge is 2.28. The fourth-order valence-electron chi connectivity index (χ4n) is 2.85. The van der Waals surface area contributed by atoms with Crippen LogP contribution in [0.25, 0.3) is 0 Å². The van der Waals surface area contributed by atoms with Gasteiger partial charge < -0.3 is 15.2 Å². The molecule has 1 unspecified atom stereocenters. The van der Waals surface area contributed by atoms with Gasteiger partial charge in [0.15, 0.2) is 0 Å². The van der Waals surface area contributed by atoms with E-state index in [1.54, 1.807) is 12.3 Å². The molecule has 1 aromatic rings. The maximum atomic E-state index is 12.6. The molecule has 0 spiro atoms. The molecule has 18 heavy (non-hydrogen) atoms. The number of nitrogens with two attached hydrogens (primary N) is 1. The Morgan fingerprint density at radius 2 is 2.28 bits per heavy atom. The number of anilines is 1. The number of amides is 1. The lowest BCUT2D eigenvalue weighted by molar-refractivity contribution is 0.0591. The average molecular weight is 249 g/mol. The summed E-state index contributed by atoms with van der Waals surface area (Å²) in [7, 11) is 1.88. The summed E-state index contributed by atoms with van der Waals surface area (Å²) in [6, 6.07) is 2.19. The molecule has 1 amide bonds. The van der Waals surface area contributed by atoms with E-state index in [1.165, 1.54) is 6.42 Å². The smallest absolute Gasteiger partial charge is 0.270 e. The molecule has 2 heterocycles.